The van der Waals surface area contributed by atoms with Crippen molar-refractivity contribution in [2.45, 2.75) is 20.8 Å². The molecule has 0 amide bonds. The van der Waals surface area contributed by atoms with Gasteiger partial charge in [-0.3, -0.25) is 25.0 Å². The predicted octanol–water partition coefficient (Wildman–Crippen LogP) is 2.24. The third-order valence-electron chi connectivity index (χ3n) is 2.71. The van der Waals surface area contributed by atoms with Gasteiger partial charge in [-0.1, -0.05) is 0 Å². The summed E-state index contributed by atoms with van der Waals surface area (Å²) in [6.07, 6.45) is 0.407. The van der Waals surface area contributed by atoms with Crippen LogP contribution in [0.5, 0.6) is 0 Å². The summed E-state index contributed by atoms with van der Waals surface area (Å²) in [5, 5.41) is 21.7. The Hall–Kier alpha value is -2.31. The topological polar surface area (TPSA) is 103 Å². The zero-order valence-corrected chi connectivity index (χ0v) is 9.51. The van der Waals surface area contributed by atoms with Crippen LogP contribution in [0.4, 0.5) is 11.4 Å². The largest absolute Gasteiger partial charge is 0.298 e. The van der Waals surface area contributed by atoms with Gasteiger partial charge in [0.25, 0.3) is 11.4 Å². The van der Waals surface area contributed by atoms with Crippen LogP contribution in [0.25, 0.3) is 0 Å². The molecule has 0 saturated heterocycles. The molecule has 0 aliphatic rings. The minimum absolute atomic E-state index is 0.00833. The Morgan fingerprint density at radius 1 is 0.882 bits per heavy atom. The molecule has 1 aromatic rings. The second-order valence-corrected chi connectivity index (χ2v) is 3.62. The van der Waals surface area contributed by atoms with Crippen LogP contribution >= 0.6 is 0 Å². The maximum absolute atomic E-state index is 10.9. The average Bonchev–Trinajstić information content (AvgIpc) is 2.16. The molecule has 90 valence electrons. The standard InChI is InChI=1S/C10H10N2O5/c1-5-8(4-13)6(2)10(12(16)17)7(3)9(5)11(14)15/h4H,1-3H3. The second-order valence-electron chi connectivity index (χ2n) is 3.62. The van der Waals surface area contributed by atoms with E-state index >= 15 is 0 Å². The first-order chi connectivity index (χ1) is 7.82. The molecule has 0 aliphatic carbocycles. The van der Waals surface area contributed by atoms with Crippen LogP contribution in [0.2, 0.25) is 0 Å². The molecule has 0 bridgehead atoms. The number of nitro groups is 2. The van der Waals surface area contributed by atoms with Crippen LogP contribution in [0.1, 0.15) is 27.0 Å². The van der Waals surface area contributed by atoms with Crippen molar-refractivity contribution in [3.8, 4) is 0 Å². The Labute approximate surface area is 96.4 Å². The van der Waals surface area contributed by atoms with Crippen molar-refractivity contribution in [1.82, 2.24) is 0 Å². The fraction of sp³-hybridized carbons (Fsp3) is 0.300. The van der Waals surface area contributed by atoms with Crippen LogP contribution in [-0.4, -0.2) is 16.1 Å². The zero-order valence-electron chi connectivity index (χ0n) is 9.51. The Balaban J connectivity index is 3.88. The van der Waals surface area contributed by atoms with Gasteiger partial charge in [0, 0.05) is 16.7 Å². The van der Waals surface area contributed by atoms with Crippen LogP contribution in [-0.2, 0) is 0 Å². The summed E-state index contributed by atoms with van der Waals surface area (Å²) in [7, 11) is 0. The Morgan fingerprint density at radius 3 is 1.47 bits per heavy atom. The maximum atomic E-state index is 10.9. The smallest absolute Gasteiger partial charge is 0.282 e. The van der Waals surface area contributed by atoms with Crippen molar-refractivity contribution < 1.29 is 14.6 Å². The SMILES string of the molecule is Cc1c(C=O)c(C)c([N+](=O)[O-])c(C)c1[N+](=O)[O-]. The molecule has 1 aromatic carbocycles. The van der Waals surface area contributed by atoms with Gasteiger partial charge in [-0.2, -0.15) is 0 Å². The maximum Gasteiger partial charge on any atom is 0.282 e. The van der Waals surface area contributed by atoms with Crippen LogP contribution in [0, 0.1) is 41.0 Å². The van der Waals surface area contributed by atoms with Gasteiger partial charge >= 0.3 is 0 Å². The first-order valence-electron chi connectivity index (χ1n) is 4.70. The Bertz CT molecular complexity index is 495. The quantitative estimate of drug-likeness (QED) is 0.456. The van der Waals surface area contributed by atoms with Crippen molar-refractivity contribution in [3.05, 3.63) is 42.5 Å². The van der Waals surface area contributed by atoms with Crippen molar-refractivity contribution >= 4 is 17.7 Å². The van der Waals surface area contributed by atoms with E-state index in [2.05, 4.69) is 0 Å². The molecule has 0 N–H and O–H groups in total. The summed E-state index contributed by atoms with van der Waals surface area (Å²) >= 11 is 0. The number of nitro benzene ring substituents is 2. The van der Waals surface area contributed by atoms with Gasteiger partial charge in [0.05, 0.1) is 9.85 Å². The molecule has 0 saturated carbocycles. The predicted molar refractivity (Wildman–Crippen MR) is 59.3 cm³/mol. The lowest BCUT2D eigenvalue weighted by Crippen LogP contribution is -2.06. The molecular weight excluding hydrogens is 228 g/mol. The number of carbonyl (C=O) groups excluding carboxylic acids is 1. The van der Waals surface area contributed by atoms with Crippen molar-refractivity contribution in [1.29, 1.82) is 0 Å². The highest BCUT2D eigenvalue weighted by atomic mass is 16.6. The van der Waals surface area contributed by atoms with E-state index in [0.29, 0.717) is 6.29 Å². The zero-order chi connectivity index (χ0) is 13.3. The molecule has 0 atom stereocenters. The van der Waals surface area contributed by atoms with E-state index in [9.17, 15) is 25.0 Å². The minimum atomic E-state index is -0.704. The number of hydrogen-bond acceptors (Lipinski definition) is 5. The van der Waals surface area contributed by atoms with Gasteiger partial charge in [-0.25, -0.2) is 0 Å². The second kappa shape index (κ2) is 4.28. The lowest BCUT2D eigenvalue weighted by atomic mass is 9.96. The van der Waals surface area contributed by atoms with E-state index in [-0.39, 0.29) is 33.6 Å². The minimum Gasteiger partial charge on any atom is -0.298 e. The number of rotatable bonds is 3. The van der Waals surface area contributed by atoms with E-state index < -0.39 is 9.85 Å². The van der Waals surface area contributed by atoms with E-state index in [4.69, 9.17) is 0 Å². The summed E-state index contributed by atoms with van der Waals surface area (Å²) in [6.45, 7) is 4.13. The lowest BCUT2D eigenvalue weighted by Gasteiger charge is -2.08. The van der Waals surface area contributed by atoms with Gasteiger partial charge in [0.2, 0.25) is 0 Å². The first-order valence-corrected chi connectivity index (χ1v) is 4.70. The summed E-state index contributed by atoms with van der Waals surface area (Å²) in [6, 6.07) is 0. The van der Waals surface area contributed by atoms with Crippen LogP contribution in [0.3, 0.4) is 0 Å². The highest BCUT2D eigenvalue weighted by Crippen LogP contribution is 2.36. The first kappa shape index (κ1) is 12.8. The highest BCUT2D eigenvalue weighted by Gasteiger charge is 2.30. The normalized spacial score (nSPS) is 10.1. The Kier molecular flexibility index (Phi) is 3.21. The highest BCUT2D eigenvalue weighted by molar-refractivity contribution is 5.85. The average molecular weight is 238 g/mol. The van der Waals surface area contributed by atoms with Crippen molar-refractivity contribution in [2.24, 2.45) is 0 Å². The van der Waals surface area contributed by atoms with Gasteiger partial charge in [0.1, 0.15) is 5.56 Å². The Morgan fingerprint density at radius 2 is 1.24 bits per heavy atom. The van der Waals surface area contributed by atoms with Gasteiger partial charge in [-0.15, -0.1) is 0 Å². The summed E-state index contributed by atoms with van der Waals surface area (Å²) in [4.78, 5) is 31.2. The lowest BCUT2D eigenvalue weighted by molar-refractivity contribution is -0.395. The molecule has 0 fully saturated rings. The molecule has 0 unspecified atom stereocenters. The van der Waals surface area contributed by atoms with Gasteiger partial charge in [0.15, 0.2) is 6.29 Å². The number of nitrogens with zero attached hydrogens (tertiary/aromatic N) is 2. The molecule has 0 radical (unpaired) electrons. The van der Waals surface area contributed by atoms with Crippen molar-refractivity contribution in [3.63, 3.8) is 0 Å². The molecule has 7 heteroatoms. The molecule has 7 nitrogen and oxygen atoms in total. The molecule has 0 heterocycles. The fourth-order valence-electron chi connectivity index (χ4n) is 1.94. The molecular formula is C10H10N2O5. The third-order valence-corrected chi connectivity index (χ3v) is 2.71. The molecule has 17 heavy (non-hydrogen) atoms. The summed E-state index contributed by atoms with van der Waals surface area (Å²) < 4.78 is 0. The van der Waals surface area contributed by atoms with Gasteiger partial charge < -0.3 is 0 Å². The van der Waals surface area contributed by atoms with Gasteiger partial charge in [-0.05, 0) is 20.8 Å². The number of benzene rings is 1. The fourth-order valence-corrected chi connectivity index (χ4v) is 1.94. The third kappa shape index (κ3) is 1.86. The summed E-state index contributed by atoms with van der Waals surface area (Å²) in [5.74, 6) is 0. The molecule has 0 aromatic heterocycles. The molecule has 0 aliphatic heterocycles. The monoisotopic (exact) mass is 238 g/mol. The summed E-state index contributed by atoms with van der Waals surface area (Å²) in [5.41, 5.74) is -0.445. The van der Waals surface area contributed by atoms with E-state index in [1.54, 1.807) is 0 Å². The van der Waals surface area contributed by atoms with E-state index in [0.717, 1.165) is 0 Å². The van der Waals surface area contributed by atoms with E-state index in [1.807, 2.05) is 0 Å². The molecule has 1 rings (SSSR count). The molecule has 0 spiro atoms. The number of hydrogen-bond donors (Lipinski definition) is 0. The number of carbonyl (C=O) groups is 1. The van der Waals surface area contributed by atoms with Crippen LogP contribution < -0.4 is 0 Å². The van der Waals surface area contributed by atoms with Crippen LogP contribution in [0.15, 0.2) is 0 Å². The van der Waals surface area contributed by atoms with E-state index in [1.165, 1.54) is 20.8 Å². The van der Waals surface area contributed by atoms with Crippen molar-refractivity contribution in [2.75, 3.05) is 0 Å². The number of aldehydes is 1.